The molecular formula is C9H11NNaO3. The van der Waals surface area contributed by atoms with E-state index in [9.17, 15) is 4.79 Å². The molecule has 0 saturated heterocycles. The van der Waals surface area contributed by atoms with E-state index in [1.54, 1.807) is 12.1 Å². The fourth-order valence-electron chi connectivity index (χ4n) is 0.973. The van der Waals surface area contributed by atoms with Crippen molar-refractivity contribution in [2.24, 2.45) is 5.73 Å². The van der Waals surface area contributed by atoms with Gasteiger partial charge in [-0.05, 0) is 24.1 Å². The van der Waals surface area contributed by atoms with Gasteiger partial charge in [-0.1, -0.05) is 12.1 Å². The number of aromatic hydroxyl groups is 1. The molecule has 0 aliphatic heterocycles. The summed E-state index contributed by atoms with van der Waals surface area (Å²) in [6, 6.07) is 5.42. The van der Waals surface area contributed by atoms with E-state index >= 15 is 0 Å². The van der Waals surface area contributed by atoms with Crippen molar-refractivity contribution in [2.75, 3.05) is 0 Å². The number of carbonyl (C=O) groups is 1. The van der Waals surface area contributed by atoms with Gasteiger partial charge in [0.05, 0.1) is 0 Å². The van der Waals surface area contributed by atoms with E-state index in [0.29, 0.717) is 0 Å². The fourth-order valence-corrected chi connectivity index (χ4v) is 0.973. The second-order valence-electron chi connectivity index (χ2n) is 2.82. The van der Waals surface area contributed by atoms with Crippen molar-refractivity contribution in [3.8, 4) is 5.75 Å². The van der Waals surface area contributed by atoms with Crippen molar-refractivity contribution < 1.29 is 15.0 Å². The van der Waals surface area contributed by atoms with Crippen LogP contribution in [0.15, 0.2) is 24.3 Å². The zero-order chi connectivity index (χ0) is 9.84. The third-order valence-electron chi connectivity index (χ3n) is 1.71. The number of benzene rings is 1. The molecule has 0 heterocycles. The van der Waals surface area contributed by atoms with Crippen LogP contribution in [0.2, 0.25) is 0 Å². The molecular weight excluding hydrogens is 193 g/mol. The summed E-state index contributed by atoms with van der Waals surface area (Å²) in [7, 11) is 0. The van der Waals surface area contributed by atoms with E-state index in [1.807, 2.05) is 0 Å². The largest absolute Gasteiger partial charge is 0.508 e. The first kappa shape index (κ1) is 13.4. The van der Waals surface area contributed by atoms with Gasteiger partial charge in [0, 0.05) is 29.6 Å². The van der Waals surface area contributed by atoms with E-state index < -0.39 is 12.0 Å². The van der Waals surface area contributed by atoms with Crippen molar-refractivity contribution in [3.05, 3.63) is 29.8 Å². The first-order valence-corrected chi connectivity index (χ1v) is 3.86. The van der Waals surface area contributed by atoms with Crippen LogP contribution >= 0.6 is 0 Å². The molecule has 1 unspecified atom stereocenters. The van der Waals surface area contributed by atoms with E-state index in [0.717, 1.165) is 5.56 Å². The predicted molar refractivity (Wildman–Crippen MR) is 53.2 cm³/mol. The third-order valence-corrected chi connectivity index (χ3v) is 1.71. The Kier molecular flexibility index (Phi) is 5.79. The summed E-state index contributed by atoms with van der Waals surface area (Å²) >= 11 is 0. The van der Waals surface area contributed by atoms with Gasteiger partial charge < -0.3 is 15.9 Å². The summed E-state index contributed by atoms with van der Waals surface area (Å²) in [5.74, 6) is -0.860. The molecule has 1 aromatic rings. The molecule has 1 atom stereocenters. The first-order valence-electron chi connectivity index (χ1n) is 3.86. The SMILES string of the molecule is NC(Cc1ccc(O)cc1)C(=O)O.[Na]. The standard InChI is InChI=1S/C9H11NO3.Na/c10-8(9(12)13)5-6-1-3-7(11)4-2-6;/h1-4,8,11H,5,10H2,(H,12,13);. The molecule has 0 aromatic heterocycles. The topological polar surface area (TPSA) is 83.5 Å². The van der Waals surface area contributed by atoms with Crippen LogP contribution in [0.3, 0.4) is 0 Å². The first-order chi connectivity index (χ1) is 6.09. The van der Waals surface area contributed by atoms with Crippen LogP contribution in [0.4, 0.5) is 0 Å². The molecule has 5 heteroatoms. The fraction of sp³-hybridized carbons (Fsp3) is 0.222. The number of nitrogens with two attached hydrogens (primary N) is 1. The van der Waals surface area contributed by atoms with Gasteiger partial charge in [0.15, 0.2) is 0 Å². The zero-order valence-electron chi connectivity index (χ0n) is 7.97. The molecule has 1 radical (unpaired) electrons. The summed E-state index contributed by atoms with van der Waals surface area (Å²) in [5, 5.41) is 17.5. The van der Waals surface area contributed by atoms with Gasteiger partial charge in [-0.25, -0.2) is 0 Å². The summed E-state index contributed by atoms with van der Waals surface area (Å²) in [5.41, 5.74) is 6.12. The van der Waals surface area contributed by atoms with Crippen molar-refractivity contribution in [2.45, 2.75) is 12.5 Å². The number of rotatable bonds is 3. The Bertz CT molecular complexity index is 299. The van der Waals surface area contributed by atoms with E-state index in [2.05, 4.69) is 0 Å². The van der Waals surface area contributed by atoms with Gasteiger partial charge in [0.25, 0.3) is 0 Å². The molecule has 1 aromatic carbocycles. The number of hydrogen-bond donors (Lipinski definition) is 3. The molecule has 0 spiro atoms. The molecule has 4 N–H and O–H groups in total. The van der Waals surface area contributed by atoms with E-state index in [4.69, 9.17) is 15.9 Å². The minimum Gasteiger partial charge on any atom is -0.508 e. The van der Waals surface area contributed by atoms with Crippen LogP contribution in [0, 0.1) is 0 Å². The maximum atomic E-state index is 10.4. The number of carboxylic acids is 1. The van der Waals surface area contributed by atoms with Gasteiger partial charge in [-0.3, -0.25) is 4.79 Å². The molecule has 0 saturated carbocycles. The quantitative estimate of drug-likeness (QED) is 0.603. The number of phenolic OH excluding ortho intramolecular Hbond substituents is 1. The Morgan fingerprint density at radius 3 is 2.29 bits per heavy atom. The van der Waals surface area contributed by atoms with E-state index in [-0.39, 0.29) is 41.7 Å². The van der Waals surface area contributed by atoms with Gasteiger partial charge in [0.2, 0.25) is 0 Å². The van der Waals surface area contributed by atoms with Crippen LogP contribution < -0.4 is 5.73 Å². The van der Waals surface area contributed by atoms with Gasteiger partial charge in [-0.2, -0.15) is 0 Å². The monoisotopic (exact) mass is 204 g/mol. The van der Waals surface area contributed by atoms with Gasteiger partial charge >= 0.3 is 5.97 Å². The number of carboxylic acid groups (broad SMARTS) is 1. The van der Waals surface area contributed by atoms with Crippen molar-refractivity contribution in [1.82, 2.24) is 0 Å². The number of hydrogen-bond acceptors (Lipinski definition) is 3. The summed E-state index contributed by atoms with van der Waals surface area (Å²) in [6.45, 7) is 0. The summed E-state index contributed by atoms with van der Waals surface area (Å²) in [6.07, 6.45) is 0.273. The Balaban J connectivity index is 0.00000169. The average Bonchev–Trinajstić information content (AvgIpc) is 2.08. The molecule has 0 aliphatic rings. The van der Waals surface area contributed by atoms with Crippen LogP contribution in [-0.4, -0.2) is 51.8 Å². The van der Waals surface area contributed by atoms with Gasteiger partial charge in [-0.15, -0.1) is 0 Å². The zero-order valence-corrected chi connectivity index (χ0v) is 9.97. The molecule has 1 rings (SSSR count). The van der Waals surface area contributed by atoms with Crippen LogP contribution in [0.25, 0.3) is 0 Å². The minimum atomic E-state index is -1.02. The van der Waals surface area contributed by atoms with Crippen LogP contribution in [0.5, 0.6) is 5.75 Å². The Morgan fingerprint density at radius 2 is 1.86 bits per heavy atom. The molecule has 71 valence electrons. The molecule has 4 nitrogen and oxygen atoms in total. The predicted octanol–water partition coefficient (Wildman–Crippen LogP) is -0.0342. The second kappa shape index (κ2) is 6.03. The molecule has 14 heavy (non-hydrogen) atoms. The molecule has 0 aliphatic carbocycles. The smallest absolute Gasteiger partial charge is 0.320 e. The summed E-state index contributed by atoms with van der Waals surface area (Å²) < 4.78 is 0. The molecule has 0 amide bonds. The number of phenols is 1. The maximum Gasteiger partial charge on any atom is 0.320 e. The maximum absolute atomic E-state index is 10.4. The Morgan fingerprint density at radius 1 is 1.36 bits per heavy atom. The second-order valence-corrected chi connectivity index (χ2v) is 2.82. The molecule has 0 bridgehead atoms. The van der Waals surface area contributed by atoms with Crippen molar-refractivity contribution >= 4 is 35.5 Å². The van der Waals surface area contributed by atoms with Crippen molar-refractivity contribution in [3.63, 3.8) is 0 Å². The minimum absolute atomic E-state index is 0. The van der Waals surface area contributed by atoms with Crippen LogP contribution in [0.1, 0.15) is 5.56 Å². The third kappa shape index (κ3) is 4.11. The Hall–Kier alpha value is -0.550. The van der Waals surface area contributed by atoms with Gasteiger partial charge in [0.1, 0.15) is 11.8 Å². The average molecular weight is 204 g/mol. The molecule has 0 fully saturated rings. The van der Waals surface area contributed by atoms with E-state index in [1.165, 1.54) is 12.1 Å². The normalized spacial score (nSPS) is 11.5. The van der Waals surface area contributed by atoms with Crippen molar-refractivity contribution in [1.29, 1.82) is 0 Å². The summed E-state index contributed by atoms with van der Waals surface area (Å²) in [4.78, 5) is 10.4. The van der Waals surface area contributed by atoms with Crippen LogP contribution in [-0.2, 0) is 11.2 Å². The Labute approximate surface area is 104 Å². The number of aliphatic carboxylic acids is 1.